The lowest BCUT2D eigenvalue weighted by Crippen LogP contribution is -2.23. The zero-order valence-corrected chi connectivity index (χ0v) is 10.4. The van der Waals surface area contributed by atoms with Crippen molar-refractivity contribution in [3.05, 3.63) is 37.1 Å². The maximum absolute atomic E-state index is 4.31. The van der Waals surface area contributed by atoms with E-state index in [0.717, 1.165) is 24.3 Å². The Morgan fingerprint density at radius 1 is 1.22 bits per heavy atom. The summed E-state index contributed by atoms with van der Waals surface area (Å²) in [6.07, 6.45) is 11.4. The summed E-state index contributed by atoms with van der Waals surface area (Å²) < 4.78 is 2.29. The van der Waals surface area contributed by atoms with Crippen molar-refractivity contribution in [1.29, 1.82) is 0 Å². The Bertz CT molecular complexity index is 484. The van der Waals surface area contributed by atoms with Crippen LogP contribution in [0.4, 0.5) is 0 Å². The Balaban J connectivity index is 1.91. The van der Waals surface area contributed by atoms with Crippen LogP contribution in [0.2, 0.25) is 0 Å². The Morgan fingerprint density at radius 2 is 2.22 bits per heavy atom. The van der Waals surface area contributed by atoms with Crippen molar-refractivity contribution in [2.75, 3.05) is 13.1 Å². The van der Waals surface area contributed by atoms with Gasteiger partial charge in [0.25, 0.3) is 0 Å². The van der Waals surface area contributed by atoms with E-state index in [2.05, 4.69) is 25.9 Å². The van der Waals surface area contributed by atoms with Crippen LogP contribution in [0.25, 0.3) is 11.3 Å². The molecule has 3 rings (SSSR count). The van der Waals surface area contributed by atoms with Gasteiger partial charge in [-0.15, -0.1) is 0 Å². The predicted molar refractivity (Wildman–Crippen MR) is 71.2 cm³/mol. The summed E-state index contributed by atoms with van der Waals surface area (Å²) in [5.41, 5.74) is 2.30. The number of pyridine rings is 1. The second-order valence-electron chi connectivity index (χ2n) is 4.78. The molecule has 2 aromatic rings. The van der Waals surface area contributed by atoms with Crippen molar-refractivity contribution < 1.29 is 0 Å². The van der Waals surface area contributed by atoms with E-state index in [1.165, 1.54) is 19.3 Å². The predicted octanol–water partition coefficient (Wildman–Crippen LogP) is 2.26. The number of aromatic nitrogens is 3. The number of nitrogens with one attached hydrogen (secondary N) is 1. The Labute approximate surface area is 107 Å². The third kappa shape index (κ3) is 2.29. The van der Waals surface area contributed by atoms with Gasteiger partial charge in [-0.3, -0.25) is 4.98 Å². The SMILES string of the molecule is c1cncc(-c2cncn2C2CCCCNC2)c1. The quantitative estimate of drug-likeness (QED) is 0.878. The first-order valence-corrected chi connectivity index (χ1v) is 6.58. The molecule has 1 fully saturated rings. The van der Waals surface area contributed by atoms with Gasteiger partial charge in [0.2, 0.25) is 0 Å². The molecule has 1 aliphatic heterocycles. The van der Waals surface area contributed by atoms with E-state index in [4.69, 9.17) is 0 Å². The second-order valence-corrected chi connectivity index (χ2v) is 4.78. The third-order valence-corrected chi connectivity index (χ3v) is 3.54. The molecule has 4 nitrogen and oxygen atoms in total. The molecular formula is C14H18N4. The Morgan fingerprint density at radius 3 is 3.11 bits per heavy atom. The monoisotopic (exact) mass is 242 g/mol. The first kappa shape index (κ1) is 11.4. The van der Waals surface area contributed by atoms with Gasteiger partial charge in [0.1, 0.15) is 0 Å². The van der Waals surface area contributed by atoms with Crippen LogP contribution < -0.4 is 5.32 Å². The van der Waals surface area contributed by atoms with Crippen molar-refractivity contribution in [2.45, 2.75) is 25.3 Å². The minimum absolute atomic E-state index is 0.505. The van der Waals surface area contributed by atoms with E-state index in [9.17, 15) is 0 Å². The van der Waals surface area contributed by atoms with Crippen LogP contribution in [0.3, 0.4) is 0 Å². The van der Waals surface area contributed by atoms with Gasteiger partial charge in [-0.05, 0) is 31.5 Å². The van der Waals surface area contributed by atoms with Crippen LogP contribution in [0.15, 0.2) is 37.1 Å². The molecular weight excluding hydrogens is 224 g/mol. The fourth-order valence-corrected chi connectivity index (χ4v) is 2.57. The molecule has 1 saturated heterocycles. The number of hydrogen-bond acceptors (Lipinski definition) is 3. The lowest BCUT2D eigenvalue weighted by Gasteiger charge is -2.19. The lowest BCUT2D eigenvalue weighted by atomic mass is 10.1. The van der Waals surface area contributed by atoms with Crippen LogP contribution in [0.5, 0.6) is 0 Å². The average molecular weight is 242 g/mol. The Hall–Kier alpha value is -1.68. The summed E-state index contributed by atoms with van der Waals surface area (Å²) in [5.74, 6) is 0. The highest BCUT2D eigenvalue weighted by Crippen LogP contribution is 2.25. The molecule has 2 aromatic heterocycles. The zero-order chi connectivity index (χ0) is 12.2. The highest BCUT2D eigenvalue weighted by molar-refractivity contribution is 5.57. The van der Waals surface area contributed by atoms with Gasteiger partial charge in [0, 0.05) is 30.5 Å². The molecule has 0 saturated carbocycles. The minimum atomic E-state index is 0.505. The molecule has 0 spiro atoms. The van der Waals surface area contributed by atoms with E-state index < -0.39 is 0 Å². The highest BCUT2D eigenvalue weighted by atomic mass is 15.1. The molecule has 4 heteroatoms. The number of rotatable bonds is 2. The van der Waals surface area contributed by atoms with Crippen LogP contribution in [-0.4, -0.2) is 27.6 Å². The summed E-state index contributed by atoms with van der Waals surface area (Å²) in [5, 5.41) is 3.50. The molecule has 1 unspecified atom stereocenters. The molecule has 3 heterocycles. The van der Waals surface area contributed by atoms with Gasteiger partial charge in [-0.1, -0.05) is 6.42 Å². The van der Waals surface area contributed by atoms with Crippen LogP contribution in [0, 0.1) is 0 Å². The summed E-state index contributed by atoms with van der Waals surface area (Å²) in [6, 6.07) is 4.56. The third-order valence-electron chi connectivity index (χ3n) is 3.54. The molecule has 1 N–H and O–H groups in total. The molecule has 0 aliphatic carbocycles. The van der Waals surface area contributed by atoms with Crippen molar-refractivity contribution in [1.82, 2.24) is 19.9 Å². The van der Waals surface area contributed by atoms with Gasteiger partial charge >= 0.3 is 0 Å². The maximum atomic E-state index is 4.31. The van der Waals surface area contributed by atoms with Crippen molar-refractivity contribution >= 4 is 0 Å². The summed E-state index contributed by atoms with van der Waals surface area (Å²) >= 11 is 0. The number of imidazole rings is 1. The van der Waals surface area contributed by atoms with Crippen molar-refractivity contribution in [3.63, 3.8) is 0 Å². The second kappa shape index (κ2) is 5.31. The molecule has 0 bridgehead atoms. The topological polar surface area (TPSA) is 42.7 Å². The largest absolute Gasteiger partial charge is 0.326 e. The van der Waals surface area contributed by atoms with E-state index in [-0.39, 0.29) is 0 Å². The molecule has 1 aliphatic rings. The first-order chi connectivity index (χ1) is 8.95. The Kier molecular flexibility index (Phi) is 3.37. The molecule has 0 amide bonds. The van der Waals surface area contributed by atoms with Crippen molar-refractivity contribution in [2.24, 2.45) is 0 Å². The molecule has 0 aromatic carbocycles. The molecule has 94 valence electrons. The number of nitrogens with zero attached hydrogens (tertiary/aromatic N) is 3. The van der Waals surface area contributed by atoms with E-state index in [0.29, 0.717) is 6.04 Å². The first-order valence-electron chi connectivity index (χ1n) is 6.58. The highest BCUT2D eigenvalue weighted by Gasteiger charge is 2.16. The van der Waals surface area contributed by atoms with Gasteiger partial charge in [-0.25, -0.2) is 4.98 Å². The van der Waals surface area contributed by atoms with E-state index in [1.54, 1.807) is 6.20 Å². The van der Waals surface area contributed by atoms with Gasteiger partial charge in [0.05, 0.1) is 18.2 Å². The van der Waals surface area contributed by atoms with Crippen LogP contribution >= 0.6 is 0 Å². The van der Waals surface area contributed by atoms with Crippen LogP contribution in [0.1, 0.15) is 25.3 Å². The minimum Gasteiger partial charge on any atom is -0.326 e. The molecule has 0 radical (unpaired) electrons. The van der Waals surface area contributed by atoms with Crippen LogP contribution in [-0.2, 0) is 0 Å². The lowest BCUT2D eigenvalue weighted by molar-refractivity contribution is 0.464. The van der Waals surface area contributed by atoms with E-state index in [1.807, 2.05) is 24.8 Å². The molecule has 18 heavy (non-hydrogen) atoms. The average Bonchev–Trinajstić information content (AvgIpc) is 2.75. The van der Waals surface area contributed by atoms with Gasteiger partial charge in [-0.2, -0.15) is 0 Å². The van der Waals surface area contributed by atoms with E-state index >= 15 is 0 Å². The fourth-order valence-electron chi connectivity index (χ4n) is 2.57. The normalized spacial score (nSPS) is 20.6. The summed E-state index contributed by atoms with van der Waals surface area (Å²) in [4.78, 5) is 8.50. The summed E-state index contributed by atoms with van der Waals surface area (Å²) in [6.45, 7) is 2.16. The van der Waals surface area contributed by atoms with Gasteiger partial charge < -0.3 is 9.88 Å². The maximum Gasteiger partial charge on any atom is 0.0954 e. The smallest absolute Gasteiger partial charge is 0.0954 e. The summed E-state index contributed by atoms with van der Waals surface area (Å²) in [7, 11) is 0. The standard InChI is InChI=1S/C14H18N4/c1-2-6-16-9-13(5-1)18-11-17-10-14(18)12-4-3-7-15-8-12/h3-4,7-8,10-11,13,16H,1-2,5-6,9H2. The zero-order valence-electron chi connectivity index (χ0n) is 10.4. The van der Waals surface area contributed by atoms with Crippen molar-refractivity contribution in [3.8, 4) is 11.3 Å². The fraction of sp³-hybridized carbons (Fsp3) is 0.429. The number of hydrogen-bond donors (Lipinski definition) is 1. The molecule has 1 atom stereocenters. The van der Waals surface area contributed by atoms with Gasteiger partial charge in [0.15, 0.2) is 0 Å².